The van der Waals surface area contributed by atoms with Gasteiger partial charge < -0.3 is 9.64 Å². The molecule has 1 fully saturated rings. The summed E-state index contributed by atoms with van der Waals surface area (Å²) in [5.41, 5.74) is 0. The van der Waals surface area contributed by atoms with Crippen LogP contribution in [-0.2, 0) is 4.74 Å². The Hall–Kier alpha value is -0.210. The first kappa shape index (κ1) is 15.8. The molecule has 1 aliphatic rings. The Morgan fingerprint density at radius 1 is 1.67 bits per heavy atom. The average molecular weight is 387 g/mol. The van der Waals surface area contributed by atoms with Gasteiger partial charge in [-0.25, -0.2) is 0 Å². The fraction of sp³-hybridized carbons (Fsp3) is 0.900. The van der Waals surface area contributed by atoms with E-state index in [2.05, 4.69) is 36.9 Å². The van der Waals surface area contributed by atoms with Crippen molar-refractivity contribution in [3.05, 3.63) is 10.1 Å². The lowest BCUT2D eigenvalue weighted by atomic mass is 10.1. The first-order valence-electron chi connectivity index (χ1n) is 5.75. The van der Waals surface area contributed by atoms with E-state index in [1.165, 1.54) is 0 Å². The quantitative estimate of drug-likeness (QED) is 0.181. The van der Waals surface area contributed by atoms with Gasteiger partial charge in [0.1, 0.15) is 0 Å². The number of halogens is 2. The number of aliphatic imine (C=N–C) groups is 1. The van der Waals surface area contributed by atoms with Gasteiger partial charge in [-0.1, -0.05) is 0 Å². The third kappa shape index (κ3) is 3.64. The highest BCUT2D eigenvalue weighted by Crippen LogP contribution is 2.31. The first-order valence-corrected chi connectivity index (χ1v) is 7.34. The van der Waals surface area contributed by atoms with Crippen molar-refractivity contribution in [1.29, 1.82) is 0 Å². The molecule has 18 heavy (non-hydrogen) atoms. The number of ether oxygens (including phenoxy) is 1. The van der Waals surface area contributed by atoms with Crippen LogP contribution in [0, 0.1) is 16.0 Å². The summed E-state index contributed by atoms with van der Waals surface area (Å²) in [6, 6.07) is 0. The Morgan fingerprint density at radius 3 is 2.72 bits per heavy atom. The van der Waals surface area contributed by atoms with E-state index < -0.39 is 8.28 Å². The van der Waals surface area contributed by atoms with Crippen LogP contribution in [0.3, 0.4) is 0 Å². The fourth-order valence-corrected chi connectivity index (χ4v) is 2.81. The smallest absolute Gasteiger partial charge is 0.381 e. The van der Waals surface area contributed by atoms with Crippen LogP contribution in [0.5, 0.6) is 0 Å². The monoisotopic (exact) mass is 385 g/mol. The van der Waals surface area contributed by atoms with E-state index >= 15 is 0 Å². The molecule has 0 saturated carbocycles. The Labute approximate surface area is 123 Å². The highest BCUT2D eigenvalue weighted by atomic mass is 79.9. The molecule has 0 aliphatic carbocycles. The number of rotatable bonds is 5. The Kier molecular flexibility index (Phi) is 6.00. The van der Waals surface area contributed by atoms with Crippen LogP contribution in [0.1, 0.15) is 13.3 Å². The lowest BCUT2D eigenvalue weighted by molar-refractivity contribution is -0.486. The Bertz CT molecular complexity index is 330. The van der Waals surface area contributed by atoms with E-state index in [0.29, 0.717) is 24.9 Å². The molecule has 1 unspecified atom stereocenters. The van der Waals surface area contributed by atoms with Crippen molar-refractivity contribution in [3.8, 4) is 0 Å². The Morgan fingerprint density at radius 2 is 2.33 bits per heavy atom. The summed E-state index contributed by atoms with van der Waals surface area (Å²) in [7, 11) is 1.56. The molecule has 1 aliphatic heterocycles. The molecule has 0 N–H and O–H groups in total. The number of likely N-dealkylation sites (N-methyl/N-ethyl adjacent to an activating group) is 1. The fourth-order valence-electron chi connectivity index (χ4n) is 1.95. The van der Waals surface area contributed by atoms with Gasteiger partial charge in [0.05, 0.1) is 11.5 Å². The number of nitrogens with zero attached hydrogens (tertiary/aromatic N) is 3. The van der Waals surface area contributed by atoms with Crippen molar-refractivity contribution in [1.82, 2.24) is 4.90 Å². The second-order valence-electron chi connectivity index (χ2n) is 4.11. The predicted octanol–water partition coefficient (Wildman–Crippen LogP) is 2.09. The predicted molar refractivity (Wildman–Crippen MR) is 77.1 cm³/mol. The second kappa shape index (κ2) is 6.81. The van der Waals surface area contributed by atoms with Crippen LogP contribution in [-0.4, -0.2) is 52.4 Å². The molecule has 0 bridgehead atoms. The van der Waals surface area contributed by atoms with Crippen molar-refractivity contribution < 1.29 is 9.66 Å². The molecular weight excluding hydrogens is 370 g/mol. The van der Waals surface area contributed by atoms with Gasteiger partial charge >= 0.3 is 3.36 Å². The summed E-state index contributed by atoms with van der Waals surface area (Å²) in [4.78, 5) is 16.6. The third-order valence-corrected chi connectivity index (χ3v) is 4.18. The van der Waals surface area contributed by atoms with Gasteiger partial charge in [-0.3, -0.25) is 15.1 Å². The van der Waals surface area contributed by atoms with Crippen LogP contribution >= 0.6 is 31.9 Å². The molecule has 1 atom stereocenters. The largest absolute Gasteiger partial charge is 0.382 e. The number of hydrogen-bond donors (Lipinski definition) is 0. The van der Waals surface area contributed by atoms with Crippen LogP contribution in [0.25, 0.3) is 0 Å². The van der Waals surface area contributed by atoms with Gasteiger partial charge in [0.2, 0.25) is 5.84 Å². The number of hydrogen-bond acceptors (Lipinski definition) is 4. The molecule has 1 rings (SSSR count). The molecule has 0 spiro atoms. The summed E-state index contributed by atoms with van der Waals surface area (Å²) < 4.78 is 3.80. The van der Waals surface area contributed by atoms with Gasteiger partial charge in [0, 0.05) is 64.5 Å². The minimum Gasteiger partial charge on any atom is -0.381 e. The van der Waals surface area contributed by atoms with Gasteiger partial charge in [-0.05, 0) is 13.3 Å². The molecule has 1 heterocycles. The first-order chi connectivity index (χ1) is 8.43. The molecule has 0 radical (unpaired) electrons. The molecule has 0 aromatic carbocycles. The molecule has 6 nitrogen and oxygen atoms in total. The van der Waals surface area contributed by atoms with Crippen molar-refractivity contribution in [2.45, 2.75) is 16.7 Å². The molecule has 1 saturated heterocycles. The zero-order chi connectivity index (χ0) is 13.8. The van der Waals surface area contributed by atoms with Crippen LogP contribution in [0.4, 0.5) is 0 Å². The summed E-state index contributed by atoms with van der Waals surface area (Å²) in [6.45, 7) is 4.82. The lowest BCUT2D eigenvalue weighted by Crippen LogP contribution is -2.47. The maximum Gasteiger partial charge on any atom is 0.382 e. The van der Waals surface area contributed by atoms with Crippen molar-refractivity contribution in [2.75, 3.05) is 33.4 Å². The average Bonchev–Trinajstić information content (AvgIpc) is 2.80. The minimum atomic E-state index is -1.52. The molecule has 104 valence electrons. The van der Waals surface area contributed by atoms with Crippen LogP contribution in [0.2, 0.25) is 0 Å². The molecule has 8 heteroatoms. The second-order valence-corrected chi connectivity index (χ2v) is 7.47. The molecule has 0 aromatic heterocycles. The highest BCUT2D eigenvalue weighted by Gasteiger charge is 2.45. The standard InChI is InChI=1S/C10H17Br2N3O3/c1-3-14(6-8-4-5-18-7-8)9(13-2)10(11,12)15(16)17/h8H,3-7H2,1-2H3. The zero-order valence-electron chi connectivity index (χ0n) is 10.4. The molecule has 0 amide bonds. The normalized spacial score (nSPS) is 21.1. The van der Waals surface area contributed by atoms with E-state index in [0.717, 1.165) is 19.6 Å². The SMILES string of the molecule is CCN(CC1CCOC1)C(=NC)C(Br)(Br)[N+](=O)[O-]. The summed E-state index contributed by atoms with van der Waals surface area (Å²) >= 11 is 6.16. The maximum atomic E-state index is 11.1. The van der Waals surface area contributed by atoms with Crippen LogP contribution < -0.4 is 0 Å². The third-order valence-electron chi connectivity index (χ3n) is 2.89. The van der Waals surface area contributed by atoms with Gasteiger partial charge in [0.15, 0.2) is 0 Å². The lowest BCUT2D eigenvalue weighted by Gasteiger charge is -2.29. The topological polar surface area (TPSA) is 68.0 Å². The number of nitro groups is 1. The maximum absolute atomic E-state index is 11.1. The Balaban J connectivity index is 2.80. The highest BCUT2D eigenvalue weighted by molar-refractivity contribution is 9.25. The van der Waals surface area contributed by atoms with Crippen molar-refractivity contribution in [3.63, 3.8) is 0 Å². The summed E-state index contributed by atoms with van der Waals surface area (Å²) in [6.07, 6.45) is 0.990. The zero-order valence-corrected chi connectivity index (χ0v) is 13.6. The van der Waals surface area contributed by atoms with E-state index in [1.54, 1.807) is 7.05 Å². The van der Waals surface area contributed by atoms with Crippen molar-refractivity contribution in [2.24, 2.45) is 10.9 Å². The molecule has 0 aromatic rings. The van der Waals surface area contributed by atoms with Gasteiger partial charge in [0.25, 0.3) is 0 Å². The van der Waals surface area contributed by atoms with E-state index in [4.69, 9.17) is 4.74 Å². The van der Waals surface area contributed by atoms with Gasteiger partial charge in [-0.2, -0.15) is 0 Å². The molecular formula is C10H17Br2N3O3. The van der Waals surface area contributed by atoms with Crippen LogP contribution in [0.15, 0.2) is 4.99 Å². The summed E-state index contributed by atoms with van der Waals surface area (Å²) in [5, 5.41) is 11.1. The van der Waals surface area contributed by atoms with Crippen molar-refractivity contribution >= 4 is 37.7 Å². The van der Waals surface area contributed by atoms with E-state index in [1.807, 2.05) is 11.8 Å². The number of alkyl halides is 2. The van der Waals surface area contributed by atoms with E-state index in [-0.39, 0.29) is 0 Å². The van der Waals surface area contributed by atoms with E-state index in [9.17, 15) is 10.1 Å². The summed E-state index contributed by atoms with van der Waals surface area (Å²) in [5.74, 6) is 0.783. The van der Waals surface area contributed by atoms with Gasteiger partial charge in [-0.15, -0.1) is 0 Å². The minimum absolute atomic E-state index is 0.377. The number of amidine groups is 1.